The van der Waals surface area contributed by atoms with Crippen LogP contribution in [0.4, 0.5) is 5.69 Å². The Balaban J connectivity index is 1.85. The minimum atomic E-state index is -0.555. The maximum absolute atomic E-state index is 12.4. The second kappa shape index (κ2) is 9.20. The van der Waals surface area contributed by atoms with Crippen LogP contribution in [0.2, 0.25) is 0 Å². The van der Waals surface area contributed by atoms with Crippen LogP contribution >= 0.6 is 47.8 Å². The van der Waals surface area contributed by atoms with Crippen LogP contribution in [0.1, 0.15) is 30.9 Å². The monoisotopic (exact) mass is 599 g/mol. The summed E-state index contributed by atoms with van der Waals surface area (Å²) in [6, 6.07) is 7.55. The van der Waals surface area contributed by atoms with Gasteiger partial charge < -0.3 is 14.4 Å². The normalized spacial score (nSPS) is 11.7. The predicted molar refractivity (Wildman–Crippen MR) is 128 cm³/mol. The van der Waals surface area contributed by atoms with E-state index in [4.69, 9.17) is 4.74 Å². The zero-order valence-electron chi connectivity index (χ0n) is 16.8. The van der Waals surface area contributed by atoms with Crippen LogP contribution < -0.4 is 4.74 Å². The molecular formula is C21H20Br3N3O3. The molecule has 1 N–H and O–H groups in total. The van der Waals surface area contributed by atoms with E-state index in [1.165, 1.54) is 0 Å². The number of carbonyl (C=O) groups is 1. The smallest absolute Gasteiger partial charge is 0.302 e. The topological polar surface area (TPSA) is 76.2 Å². The Morgan fingerprint density at radius 3 is 2.60 bits per heavy atom. The number of nitrogens with zero attached hydrogens (tertiary/aromatic N) is 3. The molecule has 30 heavy (non-hydrogen) atoms. The zero-order chi connectivity index (χ0) is 22.2. The van der Waals surface area contributed by atoms with Gasteiger partial charge in [-0.25, -0.2) is 0 Å². The SMILES string of the molecule is Cc1cc(Br)c(C(C)C)c(OCC(=O)N=Nc2c(O)n(C)c3ccc(Br)cc23)c1Br. The summed E-state index contributed by atoms with van der Waals surface area (Å²) in [6.07, 6.45) is 0. The Labute approximate surface area is 199 Å². The van der Waals surface area contributed by atoms with Crippen molar-refractivity contribution in [1.82, 2.24) is 4.57 Å². The van der Waals surface area contributed by atoms with Crippen LogP contribution in [-0.4, -0.2) is 22.2 Å². The molecule has 1 aromatic heterocycles. The summed E-state index contributed by atoms with van der Waals surface area (Å²) in [5.41, 5.74) is 2.98. The molecule has 1 amide bonds. The van der Waals surface area contributed by atoms with Gasteiger partial charge in [-0.1, -0.05) is 45.7 Å². The third kappa shape index (κ3) is 4.48. The van der Waals surface area contributed by atoms with Gasteiger partial charge in [-0.2, -0.15) is 0 Å². The van der Waals surface area contributed by atoms with Gasteiger partial charge in [0.25, 0.3) is 0 Å². The number of rotatable bonds is 5. The summed E-state index contributed by atoms with van der Waals surface area (Å²) >= 11 is 10.5. The van der Waals surface area contributed by atoms with Crippen molar-refractivity contribution >= 4 is 70.3 Å². The van der Waals surface area contributed by atoms with Crippen molar-refractivity contribution in [2.75, 3.05) is 6.61 Å². The van der Waals surface area contributed by atoms with Gasteiger partial charge in [0, 0.05) is 26.9 Å². The number of azo groups is 1. The van der Waals surface area contributed by atoms with Crippen molar-refractivity contribution in [2.24, 2.45) is 17.3 Å². The molecule has 2 aromatic carbocycles. The fourth-order valence-electron chi connectivity index (χ4n) is 3.17. The van der Waals surface area contributed by atoms with Gasteiger partial charge >= 0.3 is 5.91 Å². The third-order valence-electron chi connectivity index (χ3n) is 4.67. The summed E-state index contributed by atoms with van der Waals surface area (Å²) in [6.45, 7) is 5.79. The lowest BCUT2D eigenvalue weighted by Gasteiger charge is -2.18. The van der Waals surface area contributed by atoms with Crippen LogP contribution in [-0.2, 0) is 11.8 Å². The first-order valence-corrected chi connectivity index (χ1v) is 11.5. The molecule has 6 nitrogen and oxygen atoms in total. The molecule has 0 unspecified atom stereocenters. The van der Waals surface area contributed by atoms with Crippen molar-refractivity contribution in [1.29, 1.82) is 0 Å². The molecule has 0 aliphatic rings. The molecule has 0 radical (unpaired) electrons. The molecular weight excluding hydrogens is 582 g/mol. The van der Waals surface area contributed by atoms with Crippen LogP contribution in [0.5, 0.6) is 11.6 Å². The highest BCUT2D eigenvalue weighted by atomic mass is 79.9. The highest BCUT2D eigenvalue weighted by Crippen LogP contribution is 2.42. The van der Waals surface area contributed by atoms with Crippen LogP contribution in [0.15, 0.2) is 47.9 Å². The Bertz CT molecular complexity index is 1170. The fraction of sp³-hybridized carbons (Fsp3) is 0.286. The standard InChI is InChI=1S/C21H20Br3N3O3/c1-10(2)17-14(23)7-11(3)18(24)20(17)30-9-16(28)25-26-19-13-8-12(22)5-6-15(13)27(4)21(19)29/h5-8,10,29H,9H2,1-4H3. The van der Waals surface area contributed by atoms with Crippen molar-refractivity contribution < 1.29 is 14.6 Å². The van der Waals surface area contributed by atoms with Gasteiger partial charge in [-0.3, -0.25) is 4.79 Å². The van der Waals surface area contributed by atoms with Gasteiger partial charge in [-0.15, -0.1) is 10.2 Å². The van der Waals surface area contributed by atoms with E-state index in [-0.39, 0.29) is 24.1 Å². The maximum atomic E-state index is 12.4. The highest BCUT2D eigenvalue weighted by molar-refractivity contribution is 9.11. The number of fused-ring (bicyclic) bond motifs is 1. The van der Waals surface area contributed by atoms with E-state index in [1.807, 2.05) is 31.2 Å². The van der Waals surface area contributed by atoms with Crippen LogP contribution in [0.3, 0.4) is 0 Å². The Kier molecular flexibility index (Phi) is 7.04. The Hall–Kier alpha value is -1.71. The average Bonchev–Trinajstić information content (AvgIpc) is 2.91. The summed E-state index contributed by atoms with van der Waals surface area (Å²) in [4.78, 5) is 12.4. The van der Waals surface area contributed by atoms with E-state index in [1.54, 1.807) is 11.6 Å². The molecule has 9 heteroatoms. The molecule has 0 aliphatic carbocycles. The Morgan fingerprint density at radius 2 is 1.93 bits per heavy atom. The van der Waals surface area contributed by atoms with Crippen LogP contribution in [0, 0.1) is 6.92 Å². The summed E-state index contributed by atoms with van der Waals surface area (Å²) in [5.74, 6) is 0.181. The van der Waals surface area contributed by atoms with Crippen LogP contribution in [0.25, 0.3) is 10.9 Å². The molecule has 0 saturated heterocycles. The first-order chi connectivity index (χ1) is 14.1. The minimum Gasteiger partial charge on any atom is -0.493 e. The number of amides is 1. The van der Waals surface area contributed by atoms with Gasteiger partial charge in [0.2, 0.25) is 5.88 Å². The van der Waals surface area contributed by atoms with Crippen molar-refractivity contribution in [3.05, 3.63) is 48.8 Å². The number of aromatic hydroxyl groups is 1. The number of carbonyl (C=O) groups excluding carboxylic acids is 1. The molecule has 0 bridgehead atoms. The highest BCUT2D eigenvalue weighted by Gasteiger charge is 2.19. The second-order valence-electron chi connectivity index (χ2n) is 7.16. The summed E-state index contributed by atoms with van der Waals surface area (Å²) < 4.78 is 9.98. The quantitative estimate of drug-likeness (QED) is 0.312. The molecule has 0 saturated carbocycles. The number of halogens is 3. The molecule has 1 heterocycles. The molecule has 0 spiro atoms. The van der Waals surface area contributed by atoms with E-state index in [0.717, 1.165) is 30.1 Å². The first kappa shape index (κ1) is 23.0. The summed E-state index contributed by atoms with van der Waals surface area (Å²) in [5, 5.41) is 18.8. The second-order valence-corrected chi connectivity index (χ2v) is 9.72. The number of ether oxygens (including phenoxy) is 1. The maximum Gasteiger partial charge on any atom is 0.302 e. The molecule has 3 rings (SSSR count). The fourth-order valence-corrected chi connectivity index (χ4v) is 4.95. The predicted octanol–water partition coefficient (Wildman–Crippen LogP) is 7.29. The zero-order valence-corrected chi connectivity index (χ0v) is 21.6. The van der Waals surface area contributed by atoms with E-state index in [9.17, 15) is 9.90 Å². The largest absolute Gasteiger partial charge is 0.493 e. The van der Waals surface area contributed by atoms with E-state index >= 15 is 0 Å². The molecule has 0 aliphatic heterocycles. The summed E-state index contributed by atoms with van der Waals surface area (Å²) in [7, 11) is 1.72. The van der Waals surface area contributed by atoms with Crippen molar-refractivity contribution in [2.45, 2.75) is 26.7 Å². The van der Waals surface area contributed by atoms with Gasteiger partial charge in [-0.05, 0) is 58.6 Å². The minimum absolute atomic E-state index is 0.0620. The number of aryl methyl sites for hydroxylation is 2. The van der Waals surface area contributed by atoms with Crippen molar-refractivity contribution in [3.8, 4) is 11.6 Å². The number of aromatic nitrogens is 1. The van der Waals surface area contributed by atoms with Gasteiger partial charge in [0.15, 0.2) is 12.3 Å². The number of hydrogen-bond acceptors (Lipinski definition) is 4. The number of hydrogen-bond donors (Lipinski definition) is 1. The van der Waals surface area contributed by atoms with Gasteiger partial charge in [0.05, 0.1) is 9.99 Å². The molecule has 158 valence electrons. The van der Waals surface area contributed by atoms with E-state index in [0.29, 0.717) is 11.1 Å². The first-order valence-electron chi connectivity index (χ1n) is 9.14. The number of benzene rings is 2. The van der Waals surface area contributed by atoms with Crippen molar-refractivity contribution in [3.63, 3.8) is 0 Å². The molecule has 3 aromatic rings. The lowest BCUT2D eigenvalue weighted by Crippen LogP contribution is -2.11. The third-order valence-corrected chi connectivity index (χ3v) is 6.81. The Morgan fingerprint density at radius 1 is 1.23 bits per heavy atom. The molecule has 0 atom stereocenters. The lowest BCUT2D eigenvalue weighted by atomic mass is 10.0. The lowest BCUT2D eigenvalue weighted by molar-refractivity contribution is -0.120. The molecule has 0 fully saturated rings. The van der Waals surface area contributed by atoms with E-state index < -0.39 is 5.91 Å². The van der Waals surface area contributed by atoms with E-state index in [2.05, 4.69) is 71.9 Å². The average molecular weight is 602 g/mol. The van der Waals surface area contributed by atoms with Gasteiger partial charge in [0.1, 0.15) is 5.75 Å².